The number of carbonyl (C=O) groups is 3. The van der Waals surface area contributed by atoms with E-state index in [1.165, 1.54) is 11.1 Å². The van der Waals surface area contributed by atoms with E-state index in [1.807, 2.05) is 60.7 Å². The molecule has 4 aliphatic carbocycles. The highest BCUT2D eigenvalue weighted by molar-refractivity contribution is 6.10. The Hall–Kier alpha value is -4.11. The number of benzene rings is 2. The van der Waals surface area contributed by atoms with Gasteiger partial charge in [0.2, 0.25) is 0 Å². The Morgan fingerprint density at radius 1 is 0.562 bits per heavy atom. The highest BCUT2D eigenvalue weighted by Gasteiger charge is 2.26. The summed E-state index contributed by atoms with van der Waals surface area (Å²) in [6, 6.07) is 15.4. The van der Waals surface area contributed by atoms with Crippen LogP contribution in [0.2, 0.25) is 0 Å². The van der Waals surface area contributed by atoms with Gasteiger partial charge in [-0.3, -0.25) is 14.4 Å². The number of ketones is 3. The average molecular weight is 414 g/mol. The van der Waals surface area contributed by atoms with E-state index in [0.717, 1.165) is 46.3 Å². The summed E-state index contributed by atoms with van der Waals surface area (Å²) in [6.45, 7) is 0. The Morgan fingerprint density at radius 3 is 1.34 bits per heavy atom. The van der Waals surface area contributed by atoms with Gasteiger partial charge in [0.15, 0.2) is 17.3 Å². The SMILES string of the molecule is O=C1C=CC2=C(c3ccc(C(=O)c4ccc(C5=C6C=CC(=O)C=C6C5)cc4)cc3)CC2=C1. The number of rotatable bonds is 4. The zero-order chi connectivity index (χ0) is 21.8. The third kappa shape index (κ3) is 2.94. The Balaban J connectivity index is 1.21. The van der Waals surface area contributed by atoms with Gasteiger partial charge in [0, 0.05) is 11.1 Å². The normalized spacial score (nSPS) is 18.5. The largest absolute Gasteiger partial charge is 0.290 e. The molecule has 0 N–H and O–H groups in total. The summed E-state index contributed by atoms with van der Waals surface area (Å²) in [6.07, 6.45) is 11.9. The Kier molecular flexibility index (Phi) is 4.05. The van der Waals surface area contributed by atoms with E-state index in [0.29, 0.717) is 11.1 Å². The third-order valence-corrected chi connectivity index (χ3v) is 6.53. The first kappa shape index (κ1) is 18.6. The van der Waals surface area contributed by atoms with Crippen molar-refractivity contribution >= 4 is 28.5 Å². The van der Waals surface area contributed by atoms with Crippen LogP contribution < -0.4 is 0 Å². The van der Waals surface area contributed by atoms with Gasteiger partial charge in [0.05, 0.1) is 0 Å². The molecule has 0 unspecified atom stereocenters. The van der Waals surface area contributed by atoms with E-state index in [-0.39, 0.29) is 17.3 Å². The highest BCUT2D eigenvalue weighted by atomic mass is 16.1. The zero-order valence-corrected chi connectivity index (χ0v) is 17.2. The van der Waals surface area contributed by atoms with Crippen LogP contribution in [0.3, 0.4) is 0 Å². The molecule has 0 saturated carbocycles. The van der Waals surface area contributed by atoms with Crippen LogP contribution in [-0.4, -0.2) is 17.3 Å². The maximum atomic E-state index is 13.0. The molecule has 0 aliphatic heterocycles. The second-order valence-corrected chi connectivity index (χ2v) is 8.43. The van der Waals surface area contributed by atoms with E-state index in [4.69, 9.17) is 0 Å². The minimum Gasteiger partial charge on any atom is -0.290 e. The molecule has 2 aromatic rings. The van der Waals surface area contributed by atoms with E-state index >= 15 is 0 Å². The van der Waals surface area contributed by atoms with Gasteiger partial charge in [-0.2, -0.15) is 0 Å². The van der Waals surface area contributed by atoms with Gasteiger partial charge in [-0.25, -0.2) is 0 Å². The van der Waals surface area contributed by atoms with E-state index < -0.39 is 0 Å². The lowest BCUT2D eigenvalue weighted by molar-refractivity contribution is -0.111. The maximum absolute atomic E-state index is 13.0. The van der Waals surface area contributed by atoms with Crippen molar-refractivity contribution < 1.29 is 14.4 Å². The first-order valence-corrected chi connectivity index (χ1v) is 10.6. The molecule has 0 bridgehead atoms. The molecule has 32 heavy (non-hydrogen) atoms. The van der Waals surface area contributed by atoms with Gasteiger partial charge >= 0.3 is 0 Å². The third-order valence-electron chi connectivity index (χ3n) is 6.53. The molecule has 0 radical (unpaired) electrons. The van der Waals surface area contributed by atoms with Gasteiger partial charge < -0.3 is 0 Å². The van der Waals surface area contributed by atoms with Gasteiger partial charge in [-0.05, 0) is 81.7 Å². The molecule has 0 fully saturated rings. The fourth-order valence-electron chi connectivity index (χ4n) is 4.71. The number of allylic oxidation sites excluding steroid dienone is 12. The summed E-state index contributed by atoms with van der Waals surface area (Å²) < 4.78 is 0. The number of carbonyl (C=O) groups excluding carboxylic acids is 3. The predicted molar refractivity (Wildman–Crippen MR) is 124 cm³/mol. The molecule has 0 spiro atoms. The summed E-state index contributed by atoms with van der Waals surface area (Å²) >= 11 is 0. The fraction of sp³-hybridized carbons (Fsp3) is 0.0690. The van der Waals surface area contributed by atoms with E-state index in [1.54, 1.807) is 24.3 Å². The van der Waals surface area contributed by atoms with E-state index in [2.05, 4.69) is 0 Å². The van der Waals surface area contributed by atoms with Crippen LogP contribution in [0.4, 0.5) is 0 Å². The summed E-state index contributed by atoms with van der Waals surface area (Å²) in [4.78, 5) is 35.9. The molecule has 0 saturated heterocycles. The summed E-state index contributed by atoms with van der Waals surface area (Å²) in [7, 11) is 0. The van der Waals surface area contributed by atoms with Crippen molar-refractivity contribution in [2.24, 2.45) is 0 Å². The van der Waals surface area contributed by atoms with Crippen molar-refractivity contribution in [3.63, 3.8) is 0 Å². The molecule has 3 nitrogen and oxygen atoms in total. The minimum absolute atomic E-state index is 0.00638. The molecule has 4 aliphatic rings. The van der Waals surface area contributed by atoms with Gasteiger partial charge in [0.25, 0.3) is 0 Å². The topological polar surface area (TPSA) is 51.2 Å². The molecule has 6 rings (SSSR count). The molecular weight excluding hydrogens is 396 g/mol. The fourth-order valence-corrected chi connectivity index (χ4v) is 4.71. The van der Waals surface area contributed by atoms with Crippen LogP contribution in [0.25, 0.3) is 11.1 Å². The lowest BCUT2D eigenvalue weighted by Crippen LogP contribution is -2.12. The second-order valence-electron chi connectivity index (χ2n) is 8.43. The van der Waals surface area contributed by atoms with E-state index in [9.17, 15) is 14.4 Å². The summed E-state index contributed by atoms with van der Waals surface area (Å²) in [5, 5.41) is 0. The molecule has 0 atom stereocenters. The Morgan fingerprint density at radius 2 is 0.969 bits per heavy atom. The molecular formula is C29H18O3. The van der Waals surface area contributed by atoms with Crippen LogP contribution in [0.15, 0.2) is 107 Å². The number of hydrogen-bond donors (Lipinski definition) is 0. The van der Waals surface area contributed by atoms with Crippen molar-refractivity contribution in [2.75, 3.05) is 0 Å². The van der Waals surface area contributed by atoms with Crippen molar-refractivity contribution in [3.8, 4) is 0 Å². The molecule has 0 amide bonds. The first-order chi connectivity index (χ1) is 15.6. The molecule has 152 valence electrons. The molecule has 2 aromatic carbocycles. The smallest absolute Gasteiger partial charge is 0.193 e. The molecule has 3 heteroatoms. The standard InChI is InChI=1S/C29H18O3/c30-23-9-11-25-21(13-23)15-27(25)17-1-5-19(6-2-17)29(32)20-7-3-18(4-8-20)28-16-22-14-24(31)10-12-26(22)28/h1-14H,15-16H2. The van der Waals surface area contributed by atoms with Crippen LogP contribution in [-0.2, 0) is 9.59 Å². The first-order valence-electron chi connectivity index (χ1n) is 10.6. The van der Waals surface area contributed by atoms with Crippen LogP contribution in [0.1, 0.15) is 39.9 Å². The number of hydrogen-bond acceptors (Lipinski definition) is 3. The van der Waals surface area contributed by atoms with Gasteiger partial charge in [-0.15, -0.1) is 0 Å². The zero-order valence-electron chi connectivity index (χ0n) is 17.2. The molecule has 0 heterocycles. The maximum Gasteiger partial charge on any atom is 0.193 e. The van der Waals surface area contributed by atoms with Gasteiger partial charge in [0.1, 0.15) is 0 Å². The quantitative estimate of drug-likeness (QED) is 0.633. The van der Waals surface area contributed by atoms with Crippen molar-refractivity contribution in [3.05, 3.63) is 130 Å². The van der Waals surface area contributed by atoms with Gasteiger partial charge in [-0.1, -0.05) is 60.7 Å². The minimum atomic E-state index is -0.00638. The summed E-state index contributed by atoms with van der Waals surface area (Å²) in [5.74, 6) is 0.0886. The van der Waals surface area contributed by atoms with Crippen molar-refractivity contribution in [1.29, 1.82) is 0 Å². The van der Waals surface area contributed by atoms with Crippen LogP contribution >= 0.6 is 0 Å². The van der Waals surface area contributed by atoms with Crippen molar-refractivity contribution in [2.45, 2.75) is 12.8 Å². The molecule has 0 aromatic heterocycles. The average Bonchev–Trinajstić information content (AvgIpc) is 2.78. The Bertz CT molecular complexity index is 1310. The highest BCUT2D eigenvalue weighted by Crippen LogP contribution is 2.44. The second kappa shape index (κ2) is 6.96. The van der Waals surface area contributed by atoms with Crippen molar-refractivity contribution in [1.82, 2.24) is 0 Å². The number of fused-ring (bicyclic) bond motifs is 2. The monoisotopic (exact) mass is 414 g/mol. The lowest BCUT2D eigenvalue weighted by Gasteiger charge is -2.27. The van der Waals surface area contributed by atoms with Crippen LogP contribution in [0.5, 0.6) is 0 Å². The predicted octanol–water partition coefficient (Wildman–Crippen LogP) is 5.36. The summed E-state index contributed by atoms with van der Waals surface area (Å²) in [5.41, 5.74) is 10.3. The lowest BCUT2D eigenvalue weighted by atomic mass is 9.76. The van der Waals surface area contributed by atoms with Crippen LogP contribution in [0, 0.1) is 0 Å². The Labute approximate surface area is 185 Å².